The average Bonchev–Trinajstić information content (AvgIpc) is 3.02. The predicted octanol–water partition coefficient (Wildman–Crippen LogP) is 7.38. The lowest BCUT2D eigenvalue weighted by Gasteiger charge is -2.41. The monoisotopic (exact) mass is 779 g/mol. The molecule has 5 rings (SSSR count). The number of allylic oxidation sites excluding steroid dienone is 1. The number of hydrogen-bond acceptors (Lipinski definition) is 8. The SMILES string of the molecule is C=c1cc2c(cc1/C(=C\C(C)(C)C)CS(=O)(=O)O)=C(c1ccc(C(C)(C)C)cc1C(=O)OC)c1cc3c(cc1O2)N(C)C(C)(C)C=C3CS(=O)(=O)O.CC. The molecule has 3 aromatic rings. The summed E-state index contributed by atoms with van der Waals surface area (Å²) in [7, 11) is -5.70. The Hall–Kier alpha value is -4.23. The fraction of sp³-hybridized carbons (Fsp3) is 0.405. The van der Waals surface area contributed by atoms with Crippen molar-refractivity contribution in [1.82, 2.24) is 0 Å². The van der Waals surface area contributed by atoms with Gasteiger partial charge in [-0.1, -0.05) is 86.3 Å². The first-order valence-corrected chi connectivity index (χ1v) is 21.0. The Morgan fingerprint density at radius 1 is 0.889 bits per heavy atom. The van der Waals surface area contributed by atoms with Crippen LogP contribution < -0.4 is 20.1 Å². The van der Waals surface area contributed by atoms with Gasteiger partial charge in [-0.3, -0.25) is 9.11 Å². The number of methoxy groups -OCH3 is 1. The molecule has 2 aliphatic heterocycles. The van der Waals surface area contributed by atoms with E-state index < -0.39 is 48.7 Å². The third-order valence-electron chi connectivity index (χ3n) is 9.35. The van der Waals surface area contributed by atoms with Crippen LogP contribution in [0.2, 0.25) is 0 Å². The van der Waals surface area contributed by atoms with Gasteiger partial charge < -0.3 is 14.4 Å². The van der Waals surface area contributed by atoms with Crippen LogP contribution in [0.5, 0.6) is 11.5 Å². The zero-order valence-corrected chi connectivity index (χ0v) is 35.0. The van der Waals surface area contributed by atoms with Gasteiger partial charge in [0.05, 0.1) is 18.2 Å². The van der Waals surface area contributed by atoms with Gasteiger partial charge in [-0.25, -0.2) is 4.79 Å². The van der Waals surface area contributed by atoms with Crippen molar-refractivity contribution in [2.75, 3.05) is 30.6 Å². The Balaban J connectivity index is 0.00000319. The zero-order chi connectivity index (χ0) is 40.9. The highest BCUT2D eigenvalue weighted by atomic mass is 32.2. The Bertz CT molecular complexity index is 2410. The first-order chi connectivity index (χ1) is 24.7. The molecule has 0 bridgehead atoms. The van der Waals surface area contributed by atoms with Crippen LogP contribution in [0.1, 0.15) is 107 Å². The van der Waals surface area contributed by atoms with Crippen LogP contribution in [0.4, 0.5) is 5.69 Å². The summed E-state index contributed by atoms with van der Waals surface area (Å²) in [5.74, 6) is -1.06. The highest BCUT2D eigenvalue weighted by Gasteiger charge is 2.35. The molecule has 0 spiro atoms. The van der Waals surface area contributed by atoms with E-state index in [1.807, 2.05) is 99.4 Å². The van der Waals surface area contributed by atoms with E-state index in [-0.39, 0.29) is 11.0 Å². The fourth-order valence-corrected chi connectivity index (χ4v) is 8.05. The quantitative estimate of drug-likeness (QED) is 0.144. The maximum Gasteiger partial charge on any atom is 0.338 e. The van der Waals surface area contributed by atoms with E-state index in [4.69, 9.17) is 9.47 Å². The van der Waals surface area contributed by atoms with Gasteiger partial charge in [-0.2, -0.15) is 16.8 Å². The topological polar surface area (TPSA) is 148 Å². The molecular formula is C42H53NO9S2. The first-order valence-electron chi connectivity index (χ1n) is 17.7. The maximum absolute atomic E-state index is 13.6. The molecule has 2 heterocycles. The van der Waals surface area contributed by atoms with E-state index in [0.29, 0.717) is 66.6 Å². The molecule has 0 unspecified atom stereocenters. The molecule has 2 N–H and O–H groups in total. The number of likely N-dealkylation sites (N-methyl/N-ethyl adjacent to an activating group) is 1. The normalized spacial score (nSPS) is 15.5. The largest absolute Gasteiger partial charge is 0.465 e. The van der Waals surface area contributed by atoms with Crippen molar-refractivity contribution in [1.29, 1.82) is 0 Å². The van der Waals surface area contributed by atoms with Gasteiger partial charge in [-0.15, -0.1) is 0 Å². The molecule has 2 aliphatic rings. The van der Waals surface area contributed by atoms with E-state index in [2.05, 4.69) is 6.58 Å². The van der Waals surface area contributed by atoms with E-state index in [1.165, 1.54) is 7.11 Å². The van der Waals surface area contributed by atoms with Gasteiger partial charge in [0.2, 0.25) is 0 Å². The van der Waals surface area contributed by atoms with Gasteiger partial charge in [0, 0.05) is 40.7 Å². The van der Waals surface area contributed by atoms with Gasteiger partial charge in [0.1, 0.15) is 23.0 Å². The molecule has 0 aliphatic carbocycles. The number of anilines is 1. The van der Waals surface area contributed by atoms with Gasteiger partial charge in [0.15, 0.2) is 0 Å². The minimum Gasteiger partial charge on any atom is -0.465 e. The second-order valence-electron chi connectivity index (χ2n) is 16.2. The second kappa shape index (κ2) is 14.8. The third kappa shape index (κ3) is 9.17. The summed E-state index contributed by atoms with van der Waals surface area (Å²) in [5.41, 5.74) is 3.68. The molecule has 0 saturated carbocycles. The van der Waals surface area contributed by atoms with Crippen LogP contribution in [0.15, 0.2) is 54.6 Å². The van der Waals surface area contributed by atoms with Crippen LogP contribution in [0, 0.1) is 5.41 Å². The van der Waals surface area contributed by atoms with Gasteiger partial charge in [-0.05, 0) is 82.0 Å². The van der Waals surface area contributed by atoms with E-state index in [9.17, 15) is 30.7 Å². The molecule has 0 saturated heterocycles. The third-order valence-corrected chi connectivity index (χ3v) is 10.7. The van der Waals surface area contributed by atoms with E-state index in [1.54, 1.807) is 36.4 Å². The van der Waals surface area contributed by atoms with Crippen LogP contribution >= 0.6 is 0 Å². The van der Waals surface area contributed by atoms with Gasteiger partial charge >= 0.3 is 5.97 Å². The van der Waals surface area contributed by atoms with Crippen molar-refractivity contribution >= 4 is 55.2 Å². The number of carbonyl (C=O) groups is 1. The Labute approximate surface area is 320 Å². The van der Waals surface area contributed by atoms with Crippen molar-refractivity contribution in [3.8, 4) is 11.5 Å². The second-order valence-corrected chi connectivity index (χ2v) is 19.1. The molecule has 12 heteroatoms. The summed E-state index contributed by atoms with van der Waals surface area (Å²) < 4.78 is 81.0. The summed E-state index contributed by atoms with van der Waals surface area (Å²) in [6.45, 7) is 23.9. The molecule has 0 atom stereocenters. The van der Waals surface area contributed by atoms with Crippen LogP contribution in [0.3, 0.4) is 0 Å². The minimum atomic E-state index is -4.46. The van der Waals surface area contributed by atoms with E-state index >= 15 is 0 Å². The lowest BCUT2D eigenvalue weighted by Crippen LogP contribution is -2.42. The Morgan fingerprint density at radius 3 is 2.06 bits per heavy atom. The lowest BCUT2D eigenvalue weighted by atomic mass is 9.81. The molecule has 0 radical (unpaired) electrons. The number of esters is 1. The lowest BCUT2D eigenvalue weighted by molar-refractivity contribution is 0.0600. The summed E-state index contributed by atoms with van der Waals surface area (Å²) in [5, 5.41) is 0.954. The zero-order valence-electron chi connectivity index (χ0n) is 33.3. The highest BCUT2D eigenvalue weighted by molar-refractivity contribution is 7.86. The fourth-order valence-electron chi connectivity index (χ4n) is 6.79. The predicted molar refractivity (Wildman–Crippen MR) is 218 cm³/mol. The molecule has 0 fully saturated rings. The number of fused-ring (bicyclic) bond motifs is 3. The number of carbonyl (C=O) groups excluding carboxylic acids is 1. The minimum absolute atomic E-state index is 0.275. The Morgan fingerprint density at radius 2 is 1.52 bits per heavy atom. The number of ether oxygens (including phenoxy) is 2. The molecule has 54 heavy (non-hydrogen) atoms. The van der Waals surface area contributed by atoms with Crippen LogP contribution in [0.25, 0.3) is 23.3 Å². The van der Waals surface area contributed by atoms with Crippen LogP contribution in [-0.2, 0) is 30.4 Å². The first kappa shape index (κ1) is 42.5. The average molecular weight is 780 g/mol. The molecule has 0 amide bonds. The van der Waals surface area contributed by atoms with Crippen molar-refractivity contribution < 1.29 is 40.2 Å². The summed E-state index contributed by atoms with van der Waals surface area (Å²) in [4.78, 5) is 15.6. The van der Waals surface area contributed by atoms with Crippen molar-refractivity contribution in [2.24, 2.45) is 5.41 Å². The molecule has 0 aromatic heterocycles. The highest BCUT2D eigenvalue weighted by Crippen LogP contribution is 2.47. The van der Waals surface area contributed by atoms with Crippen molar-refractivity contribution in [3.05, 3.63) is 98.4 Å². The molecule has 10 nitrogen and oxygen atoms in total. The molecular weight excluding hydrogens is 727 g/mol. The number of nitrogens with zero attached hydrogens (tertiary/aromatic N) is 1. The van der Waals surface area contributed by atoms with Crippen molar-refractivity contribution in [2.45, 2.75) is 80.2 Å². The summed E-state index contributed by atoms with van der Waals surface area (Å²) >= 11 is 0. The molecule has 3 aromatic carbocycles. The summed E-state index contributed by atoms with van der Waals surface area (Å²) in [6.07, 6.45) is 3.57. The number of hydrogen-bond donors (Lipinski definition) is 2. The number of benzene rings is 3. The van der Waals surface area contributed by atoms with E-state index in [0.717, 1.165) is 5.56 Å². The summed E-state index contributed by atoms with van der Waals surface area (Å²) in [6, 6.07) is 12.6. The van der Waals surface area contributed by atoms with Gasteiger partial charge in [0.25, 0.3) is 20.2 Å². The smallest absolute Gasteiger partial charge is 0.338 e. The standard InChI is InChI=1S/C40H47NO9S2.C2H6/c1-23-14-34-31(16-28(23)24(19-38(2,3)4)21-51(43,44)45)36(27-13-12-26(39(5,6)7)15-30(27)37(42)49-11)32-17-29-25(22-52(46,47)48)20-40(8,9)41(10)33(29)18-35(32)50-34;1-2/h12-20H,1,21-22H2,2-11H3,(H,43,44,45)(H,46,47,48);1-2H3/b24-19-;. The van der Waals surface area contributed by atoms with Crippen LogP contribution in [-0.4, -0.2) is 63.1 Å². The Kier molecular flexibility index (Phi) is 11.6. The maximum atomic E-state index is 13.6. The number of rotatable bonds is 7. The molecule has 292 valence electrons. The van der Waals surface area contributed by atoms with Crippen molar-refractivity contribution in [3.63, 3.8) is 0 Å².